The van der Waals surface area contributed by atoms with Crippen molar-refractivity contribution in [3.05, 3.63) is 89.9 Å². The van der Waals surface area contributed by atoms with Gasteiger partial charge in [-0.25, -0.2) is 4.98 Å². The number of hydrogen-bond acceptors (Lipinski definition) is 6. The number of nitrogens with zero attached hydrogens (tertiary/aromatic N) is 4. The fourth-order valence-corrected chi connectivity index (χ4v) is 3.08. The minimum absolute atomic E-state index is 0.240. The first-order chi connectivity index (χ1) is 15.2. The Balaban J connectivity index is 1.20. The van der Waals surface area contributed by atoms with Gasteiger partial charge in [0.05, 0.1) is 6.20 Å². The molecule has 31 heavy (non-hydrogen) atoms. The van der Waals surface area contributed by atoms with Crippen LogP contribution in [0.5, 0.6) is 11.5 Å². The molecule has 0 saturated heterocycles. The van der Waals surface area contributed by atoms with Gasteiger partial charge < -0.3 is 14.3 Å². The van der Waals surface area contributed by atoms with E-state index in [1.54, 1.807) is 30.7 Å². The van der Waals surface area contributed by atoms with Crippen molar-refractivity contribution in [2.45, 2.75) is 32.4 Å². The quantitative estimate of drug-likeness (QED) is 0.376. The normalized spacial score (nSPS) is 11.2. The van der Waals surface area contributed by atoms with E-state index in [0.29, 0.717) is 12.5 Å². The van der Waals surface area contributed by atoms with Crippen LogP contribution in [0.3, 0.4) is 0 Å². The average molecular weight is 416 g/mol. The Bertz CT molecular complexity index is 1080. The lowest BCUT2D eigenvalue weighted by Crippen LogP contribution is -1.99. The Morgan fingerprint density at radius 1 is 1.00 bits per heavy atom. The van der Waals surface area contributed by atoms with Gasteiger partial charge in [-0.1, -0.05) is 29.5 Å². The first-order valence-electron chi connectivity index (χ1n) is 10.2. The van der Waals surface area contributed by atoms with Crippen LogP contribution in [-0.4, -0.2) is 25.1 Å². The van der Waals surface area contributed by atoms with Crippen LogP contribution in [0.1, 0.15) is 35.6 Å². The third-order valence-electron chi connectivity index (χ3n) is 4.77. The maximum Gasteiger partial charge on any atom is 0.218 e. The van der Waals surface area contributed by atoms with Gasteiger partial charge in [0, 0.05) is 18.8 Å². The number of rotatable bonds is 10. The Kier molecular flexibility index (Phi) is 6.74. The van der Waals surface area contributed by atoms with Gasteiger partial charge in [-0.05, 0) is 60.7 Å². The molecule has 7 nitrogen and oxygen atoms in total. The molecule has 0 aliphatic heterocycles. The molecule has 2 aromatic carbocycles. The fraction of sp³-hybridized carbons (Fsp3) is 0.208. The van der Waals surface area contributed by atoms with E-state index in [4.69, 9.17) is 9.15 Å². The Labute approximate surface area is 180 Å². The SMILES string of the molecule is Oc1ccc(C=Cc2nc(COc3ccc(CCCCn4ccnn4)cc3)co2)cc1. The molecule has 2 heterocycles. The van der Waals surface area contributed by atoms with E-state index in [1.165, 1.54) is 5.56 Å². The number of unbranched alkanes of at least 4 members (excludes halogenated alkanes) is 1. The maximum atomic E-state index is 9.32. The molecule has 0 radical (unpaired) electrons. The molecule has 0 fully saturated rings. The monoisotopic (exact) mass is 416 g/mol. The summed E-state index contributed by atoms with van der Waals surface area (Å²) in [5, 5.41) is 17.1. The second-order valence-corrected chi connectivity index (χ2v) is 7.16. The van der Waals surface area contributed by atoms with Crippen LogP contribution in [0, 0.1) is 0 Å². The van der Waals surface area contributed by atoms with Gasteiger partial charge in [0.25, 0.3) is 0 Å². The third-order valence-corrected chi connectivity index (χ3v) is 4.77. The van der Waals surface area contributed by atoms with E-state index in [1.807, 2.05) is 41.2 Å². The lowest BCUT2D eigenvalue weighted by atomic mass is 10.1. The van der Waals surface area contributed by atoms with Gasteiger partial charge in [-0.3, -0.25) is 4.68 Å². The van der Waals surface area contributed by atoms with E-state index in [-0.39, 0.29) is 5.75 Å². The summed E-state index contributed by atoms with van der Waals surface area (Å²) < 4.78 is 13.1. The second-order valence-electron chi connectivity index (χ2n) is 7.16. The van der Waals surface area contributed by atoms with Crippen molar-refractivity contribution in [2.24, 2.45) is 0 Å². The summed E-state index contributed by atoms with van der Waals surface area (Å²) in [4.78, 5) is 4.41. The molecule has 0 atom stereocenters. The lowest BCUT2D eigenvalue weighted by Gasteiger charge is -2.06. The number of aromatic nitrogens is 4. The van der Waals surface area contributed by atoms with E-state index in [0.717, 1.165) is 42.8 Å². The van der Waals surface area contributed by atoms with E-state index in [9.17, 15) is 5.11 Å². The highest BCUT2D eigenvalue weighted by Crippen LogP contribution is 2.17. The van der Waals surface area contributed by atoms with Crippen LogP contribution >= 0.6 is 0 Å². The van der Waals surface area contributed by atoms with Gasteiger partial charge in [0.2, 0.25) is 5.89 Å². The molecule has 4 aromatic rings. The number of aromatic hydroxyl groups is 1. The summed E-state index contributed by atoms with van der Waals surface area (Å²) >= 11 is 0. The summed E-state index contributed by atoms with van der Waals surface area (Å²) in [6.45, 7) is 1.23. The topological polar surface area (TPSA) is 86.2 Å². The van der Waals surface area contributed by atoms with E-state index >= 15 is 0 Å². The molecule has 2 aromatic heterocycles. The summed E-state index contributed by atoms with van der Waals surface area (Å²) in [5.74, 6) is 1.55. The summed E-state index contributed by atoms with van der Waals surface area (Å²) in [7, 11) is 0. The third kappa shape index (κ3) is 6.30. The van der Waals surface area contributed by atoms with Crippen LogP contribution in [0.4, 0.5) is 0 Å². The zero-order chi connectivity index (χ0) is 21.3. The highest BCUT2D eigenvalue weighted by Gasteiger charge is 2.03. The molecular formula is C24H24N4O3. The highest BCUT2D eigenvalue weighted by molar-refractivity contribution is 5.66. The van der Waals surface area contributed by atoms with Gasteiger partial charge in [-0.2, -0.15) is 0 Å². The molecule has 0 aliphatic rings. The summed E-state index contributed by atoms with van der Waals surface area (Å²) in [6.07, 6.45) is 12.0. The zero-order valence-corrected chi connectivity index (χ0v) is 17.1. The van der Waals surface area contributed by atoms with E-state index < -0.39 is 0 Å². The van der Waals surface area contributed by atoms with Crippen molar-refractivity contribution in [1.29, 1.82) is 0 Å². The Morgan fingerprint density at radius 3 is 2.61 bits per heavy atom. The summed E-state index contributed by atoms with van der Waals surface area (Å²) in [5.41, 5.74) is 2.96. The zero-order valence-electron chi connectivity index (χ0n) is 17.1. The number of benzene rings is 2. The van der Waals surface area contributed by atoms with Crippen LogP contribution in [0.15, 0.2) is 71.6 Å². The Hall–Kier alpha value is -3.87. The van der Waals surface area contributed by atoms with Gasteiger partial charge >= 0.3 is 0 Å². The number of oxazole rings is 1. The Morgan fingerprint density at radius 2 is 1.84 bits per heavy atom. The smallest absolute Gasteiger partial charge is 0.218 e. The number of phenolic OH excluding ortho intramolecular Hbond substituents is 1. The van der Waals surface area contributed by atoms with Crippen molar-refractivity contribution in [3.8, 4) is 11.5 Å². The minimum atomic E-state index is 0.240. The molecular weight excluding hydrogens is 392 g/mol. The van der Waals surface area contributed by atoms with Crippen molar-refractivity contribution in [1.82, 2.24) is 20.0 Å². The molecule has 0 unspecified atom stereocenters. The largest absolute Gasteiger partial charge is 0.508 e. The standard InChI is InChI=1S/C24H24N4O3/c29-22-9-4-20(5-10-22)8-13-24-26-21(18-31-24)17-30-23-11-6-19(7-12-23)3-1-2-15-28-16-14-25-27-28/h4-14,16,18,29H,1-3,15,17H2. The highest BCUT2D eigenvalue weighted by atomic mass is 16.5. The molecule has 0 aliphatic carbocycles. The van der Waals surface area contributed by atoms with E-state index in [2.05, 4.69) is 27.4 Å². The van der Waals surface area contributed by atoms with Crippen molar-refractivity contribution >= 4 is 12.2 Å². The van der Waals surface area contributed by atoms with Crippen molar-refractivity contribution < 1.29 is 14.3 Å². The summed E-state index contributed by atoms with van der Waals surface area (Å²) in [6, 6.07) is 15.1. The fourth-order valence-electron chi connectivity index (χ4n) is 3.08. The number of hydrogen-bond donors (Lipinski definition) is 1. The minimum Gasteiger partial charge on any atom is -0.508 e. The average Bonchev–Trinajstić information content (AvgIpc) is 3.48. The second kappa shape index (κ2) is 10.2. The van der Waals surface area contributed by atoms with Gasteiger partial charge in [0.15, 0.2) is 0 Å². The van der Waals surface area contributed by atoms with Crippen LogP contribution in [0.25, 0.3) is 12.2 Å². The van der Waals surface area contributed by atoms with Gasteiger partial charge in [0.1, 0.15) is 30.1 Å². The number of ether oxygens (including phenoxy) is 1. The first kappa shape index (κ1) is 20.4. The first-order valence-corrected chi connectivity index (χ1v) is 10.2. The molecule has 4 rings (SSSR count). The molecule has 0 bridgehead atoms. The molecule has 1 N–H and O–H groups in total. The molecule has 0 amide bonds. The predicted octanol–water partition coefficient (Wildman–Crippen LogP) is 4.74. The number of phenols is 1. The molecule has 0 spiro atoms. The number of aryl methyl sites for hydroxylation is 2. The molecule has 0 saturated carbocycles. The van der Waals surface area contributed by atoms with Gasteiger partial charge in [-0.15, -0.1) is 5.10 Å². The van der Waals surface area contributed by atoms with Crippen molar-refractivity contribution in [3.63, 3.8) is 0 Å². The van der Waals surface area contributed by atoms with Crippen LogP contribution in [0.2, 0.25) is 0 Å². The van der Waals surface area contributed by atoms with Crippen LogP contribution < -0.4 is 4.74 Å². The molecule has 158 valence electrons. The predicted molar refractivity (Wildman–Crippen MR) is 117 cm³/mol. The lowest BCUT2D eigenvalue weighted by molar-refractivity contribution is 0.301. The maximum absolute atomic E-state index is 9.32. The van der Waals surface area contributed by atoms with Crippen LogP contribution in [-0.2, 0) is 19.6 Å². The molecule has 7 heteroatoms. The van der Waals surface area contributed by atoms with Crippen molar-refractivity contribution in [2.75, 3.05) is 0 Å².